The summed E-state index contributed by atoms with van der Waals surface area (Å²) in [5, 5.41) is 6.05. The summed E-state index contributed by atoms with van der Waals surface area (Å²) in [6, 6.07) is 26.8. The predicted octanol–water partition coefficient (Wildman–Crippen LogP) is 4.30. The number of likely N-dealkylation sites (tertiary alicyclic amines) is 1. The molecule has 0 aliphatic carbocycles. The lowest BCUT2D eigenvalue weighted by Gasteiger charge is -2.23. The maximum atomic E-state index is 13.4. The molecule has 4 N–H and O–H groups in total. The zero-order valence-electron chi connectivity index (χ0n) is 24.3. The number of hydrogen-bond donors (Lipinski definition) is 3. The molecule has 3 aromatic carbocycles. The molecule has 1 saturated heterocycles. The number of carbonyl (C=O) groups excluding carboxylic acids is 2. The van der Waals surface area contributed by atoms with Gasteiger partial charge in [-0.05, 0) is 60.0 Å². The van der Waals surface area contributed by atoms with E-state index in [0.717, 1.165) is 42.9 Å². The first-order chi connectivity index (χ1) is 19.9. The third kappa shape index (κ3) is 10.0. The smallest absolute Gasteiger partial charge is 0.242 e. The number of rotatable bonds is 14. The van der Waals surface area contributed by atoms with Gasteiger partial charge in [-0.1, -0.05) is 86.6 Å². The fourth-order valence-corrected chi connectivity index (χ4v) is 5.23. The van der Waals surface area contributed by atoms with Crippen LogP contribution in [0.25, 0.3) is 0 Å². The fourth-order valence-electron chi connectivity index (χ4n) is 5.23. The first kappa shape index (κ1) is 30.3. The molecule has 2 amide bonds. The van der Waals surface area contributed by atoms with Crippen LogP contribution in [-0.2, 0) is 29.2 Å². The highest BCUT2D eigenvalue weighted by Gasteiger charge is 2.27. The van der Waals surface area contributed by atoms with E-state index in [4.69, 9.17) is 10.5 Å². The molecule has 0 radical (unpaired) electrons. The van der Waals surface area contributed by atoms with E-state index in [1.807, 2.05) is 74.5 Å². The van der Waals surface area contributed by atoms with Gasteiger partial charge in [0.15, 0.2) is 0 Å². The van der Waals surface area contributed by atoms with Gasteiger partial charge in [-0.3, -0.25) is 14.5 Å². The van der Waals surface area contributed by atoms with E-state index in [1.165, 1.54) is 5.56 Å². The van der Waals surface area contributed by atoms with E-state index in [0.29, 0.717) is 31.9 Å². The van der Waals surface area contributed by atoms with Crippen molar-refractivity contribution in [3.05, 3.63) is 102 Å². The van der Waals surface area contributed by atoms with Crippen LogP contribution in [0.5, 0.6) is 5.75 Å². The molecule has 1 aliphatic rings. The predicted molar refractivity (Wildman–Crippen MR) is 163 cm³/mol. The molecule has 0 bridgehead atoms. The Morgan fingerprint density at radius 1 is 0.902 bits per heavy atom. The molecule has 1 aliphatic heterocycles. The molecule has 3 aromatic rings. The Kier molecular flexibility index (Phi) is 11.3. The van der Waals surface area contributed by atoms with Crippen molar-refractivity contribution in [1.29, 1.82) is 0 Å². The van der Waals surface area contributed by atoms with Crippen LogP contribution in [0, 0.1) is 11.8 Å². The zero-order valence-corrected chi connectivity index (χ0v) is 24.3. The quantitative estimate of drug-likeness (QED) is 0.275. The van der Waals surface area contributed by atoms with Crippen LogP contribution < -0.4 is 21.1 Å². The molecule has 0 aromatic heterocycles. The van der Waals surface area contributed by atoms with E-state index in [1.54, 1.807) is 0 Å². The Balaban J connectivity index is 1.33. The van der Waals surface area contributed by atoms with Crippen LogP contribution in [0.4, 0.5) is 0 Å². The van der Waals surface area contributed by atoms with Crippen molar-refractivity contribution in [3.63, 3.8) is 0 Å². The standard InChI is InChI=1S/C34H44N4O3/c1-25(2)19-31(35)33(39)37-32(20-26-13-15-30(16-14-26)41-24-28-11-7-4-8-12-28)34(40)36-21-29-17-18-38(23-29)22-27-9-5-3-6-10-27/h3-16,25,29,31-32H,17-24,35H2,1-2H3,(H,36,40)(H,37,39). The number of carbonyl (C=O) groups is 2. The highest BCUT2D eigenvalue weighted by Crippen LogP contribution is 2.19. The van der Waals surface area contributed by atoms with Gasteiger partial charge < -0.3 is 21.1 Å². The van der Waals surface area contributed by atoms with E-state index in [-0.39, 0.29) is 17.7 Å². The molecular weight excluding hydrogens is 512 g/mol. The molecule has 3 unspecified atom stereocenters. The molecule has 1 heterocycles. The summed E-state index contributed by atoms with van der Waals surface area (Å²) in [4.78, 5) is 28.7. The highest BCUT2D eigenvalue weighted by atomic mass is 16.5. The lowest BCUT2D eigenvalue weighted by Crippen LogP contribution is -2.53. The maximum absolute atomic E-state index is 13.4. The van der Waals surface area contributed by atoms with Crippen LogP contribution in [0.3, 0.4) is 0 Å². The topological polar surface area (TPSA) is 96.7 Å². The van der Waals surface area contributed by atoms with E-state index < -0.39 is 12.1 Å². The van der Waals surface area contributed by atoms with Gasteiger partial charge in [0.05, 0.1) is 6.04 Å². The van der Waals surface area contributed by atoms with Crippen molar-refractivity contribution >= 4 is 11.8 Å². The third-order valence-electron chi connectivity index (χ3n) is 7.49. The minimum Gasteiger partial charge on any atom is -0.489 e. The normalized spacial score (nSPS) is 16.7. The van der Waals surface area contributed by atoms with Gasteiger partial charge in [0.25, 0.3) is 0 Å². The molecule has 1 fully saturated rings. The number of nitrogens with zero attached hydrogens (tertiary/aromatic N) is 1. The minimum atomic E-state index is -0.710. The second-order valence-electron chi connectivity index (χ2n) is 11.5. The Hall–Kier alpha value is -3.68. The van der Waals surface area contributed by atoms with Crippen molar-refractivity contribution in [2.24, 2.45) is 17.6 Å². The van der Waals surface area contributed by atoms with E-state index in [9.17, 15) is 9.59 Å². The zero-order chi connectivity index (χ0) is 29.0. The van der Waals surface area contributed by atoms with Gasteiger partial charge in [0, 0.05) is 26.1 Å². The van der Waals surface area contributed by atoms with Gasteiger partial charge in [0.1, 0.15) is 18.4 Å². The number of nitrogens with two attached hydrogens (primary N) is 1. The van der Waals surface area contributed by atoms with Crippen LogP contribution in [0.15, 0.2) is 84.9 Å². The average molecular weight is 557 g/mol. The second-order valence-corrected chi connectivity index (χ2v) is 11.5. The highest BCUT2D eigenvalue weighted by molar-refractivity contribution is 5.89. The summed E-state index contributed by atoms with van der Waals surface area (Å²) in [5.41, 5.74) is 9.48. The molecule has 7 nitrogen and oxygen atoms in total. The monoisotopic (exact) mass is 556 g/mol. The Morgan fingerprint density at radius 3 is 2.22 bits per heavy atom. The van der Waals surface area contributed by atoms with Crippen LogP contribution in [0.2, 0.25) is 0 Å². The lowest BCUT2D eigenvalue weighted by molar-refractivity contribution is -0.129. The lowest BCUT2D eigenvalue weighted by atomic mass is 10.0. The molecule has 0 saturated carbocycles. The van der Waals surface area contributed by atoms with Gasteiger partial charge >= 0.3 is 0 Å². The van der Waals surface area contributed by atoms with E-state index >= 15 is 0 Å². The summed E-state index contributed by atoms with van der Waals surface area (Å²) >= 11 is 0. The van der Waals surface area contributed by atoms with Crippen LogP contribution in [-0.4, -0.2) is 48.4 Å². The van der Waals surface area contributed by atoms with Crippen LogP contribution >= 0.6 is 0 Å². The molecule has 4 rings (SSSR count). The molecule has 218 valence electrons. The summed E-state index contributed by atoms with van der Waals surface area (Å²) < 4.78 is 5.90. The Morgan fingerprint density at radius 2 is 1.56 bits per heavy atom. The number of benzene rings is 3. The molecule has 41 heavy (non-hydrogen) atoms. The molecule has 7 heteroatoms. The number of amides is 2. The van der Waals surface area contributed by atoms with E-state index in [2.05, 4.69) is 39.8 Å². The number of nitrogens with one attached hydrogen (secondary N) is 2. The van der Waals surface area contributed by atoms with Crippen molar-refractivity contribution in [1.82, 2.24) is 15.5 Å². The number of hydrogen-bond acceptors (Lipinski definition) is 5. The molecule has 0 spiro atoms. The van der Waals surface area contributed by atoms with Gasteiger partial charge in [-0.15, -0.1) is 0 Å². The first-order valence-electron chi connectivity index (χ1n) is 14.7. The van der Waals surface area contributed by atoms with Crippen molar-refractivity contribution in [2.75, 3.05) is 19.6 Å². The summed E-state index contributed by atoms with van der Waals surface area (Å²) in [6.45, 7) is 8.00. The van der Waals surface area contributed by atoms with Crippen LogP contribution in [0.1, 0.15) is 43.4 Å². The fraction of sp³-hybridized carbons (Fsp3) is 0.412. The second kappa shape index (κ2) is 15.4. The van der Waals surface area contributed by atoms with Gasteiger partial charge in [0.2, 0.25) is 11.8 Å². The van der Waals surface area contributed by atoms with Crippen molar-refractivity contribution in [2.45, 2.75) is 58.3 Å². The van der Waals surface area contributed by atoms with Gasteiger partial charge in [-0.2, -0.15) is 0 Å². The minimum absolute atomic E-state index is 0.180. The largest absolute Gasteiger partial charge is 0.489 e. The summed E-state index contributed by atoms with van der Waals surface area (Å²) in [5.74, 6) is 0.941. The average Bonchev–Trinajstić information content (AvgIpc) is 3.43. The summed E-state index contributed by atoms with van der Waals surface area (Å²) in [7, 11) is 0. The molecule has 3 atom stereocenters. The third-order valence-corrected chi connectivity index (χ3v) is 7.49. The SMILES string of the molecule is CC(C)CC(N)C(=O)NC(Cc1ccc(OCc2ccccc2)cc1)C(=O)NCC1CCN(Cc2ccccc2)C1. The Bertz CT molecular complexity index is 1220. The first-order valence-corrected chi connectivity index (χ1v) is 14.7. The maximum Gasteiger partial charge on any atom is 0.242 e. The Labute approximate surface area is 244 Å². The molecular formula is C34H44N4O3. The summed E-state index contributed by atoms with van der Waals surface area (Å²) in [6.07, 6.45) is 1.97. The van der Waals surface area contributed by atoms with Crippen molar-refractivity contribution in [3.8, 4) is 5.75 Å². The number of ether oxygens (including phenoxy) is 1. The van der Waals surface area contributed by atoms with Gasteiger partial charge in [-0.25, -0.2) is 0 Å². The van der Waals surface area contributed by atoms with Crippen molar-refractivity contribution < 1.29 is 14.3 Å².